The fraction of sp³-hybridized carbons (Fsp3) is 0. The van der Waals surface area contributed by atoms with Crippen LogP contribution in [-0.4, -0.2) is 12.8 Å². The molecule has 0 fully saturated rings. The Morgan fingerprint density at radius 2 is 1.71 bits per heavy atom. The van der Waals surface area contributed by atoms with Gasteiger partial charge in [-0.05, 0) is 24.3 Å². The molecule has 2 N–H and O–H groups in total. The van der Waals surface area contributed by atoms with E-state index in [2.05, 4.69) is 29.7 Å². The average molecular weight is 246 g/mol. The number of benzene rings is 1. The predicted molar refractivity (Wildman–Crippen MR) is 60.2 cm³/mol. The van der Waals surface area contributed by atoms with Crippen molar-refractivity contribution in [2.75, 3.05) is 5.73 Å². The fourth-order valence-electron chi connectivity index (χ4n) is 0.791. The zero-order chi connectivity index (χ0) is 10.8. The molecule has 0 unspecified atom stereocenters. The molecular weight excluding hydrogens is 240 g/mol. The Hall–Kier alpha value is -0.920. The Morgan fingerprint density at radius 3 is 2.14 bits per heavy atom. The summed E-state index contributed by atoms with van der Waals surface area (Å²) >= 11 is 8.83. The Kier molecular flexibility index (Phi) is 3.25. The minimum absolute atomic E-state index is 0.0268. The molecule has 0 bridgehead atoms. The van der Waals surface area contributed by atoms with Gasteiger partial charge in [-0.25, -0.2) is 8.77 Å². The first kappa shape index (κ1) is 11.2. The quantitative estimate of drug-likeness (QED) is 0.354. The van der Waals surface area contributed by atoms with Crippen molar-refractivity contribution < 1.29 is 8.42 Å². The first-order valence-corrected chi connectivity index (χ1v) is 5.72. The van der Waals surface area contributed by atoms with Crippen molar-refractivity contribution in [1.82, 2.24) is 0 Å². The van der Waals surface area contributed by atoms with Gasteiger partial charge in [-0.1, -0.05) is 0 Å². The lowest BCUT2D eigenvalue weighted by Gasteiger charge is -2.15. The van der Waals surface area contributed by atoms with Crippen LogP contribution in [0.3, 0.4) is 0 Å². The highest BCUT2D eigenvalue weighted by Gasteiger charge is 2.09. The van der Waals surface area contributed by atoms with Gasteiger partial charge in [0.05, 0.1) is 4.90 Å². The number of nitrogens with zero attached hydrogens (tertiary/aromatic N) is 1. The minimum atomic E-state index is -3.75. The largest absolute Gasteiger partial charge is 0.788 e. The highest BCUT2D eigenvalue weighted by molar-refractivity contribution is 8.06. The molecule has 0 aliphatic rings. The predicted octanol–water partition coefficient (Wildman–Crippen LogP) is 0.407. The minimum Gasteiger partial charge on any atom is -0.788 e. The van der Waals surface area contributed by atoms with E-state index in [9.17, 15) is 8.42 Å². The molecule has 0 aromatic heterocycles. The van der Waals surface area contributed by atoms with E-state index in [-0.39, 0.29) is 9.27 Å². The number of rotatable bonds is 2. The van der Waals surface area contributed by atoms with Crippen molar-refractivity contribution in [3.63, 3.8) is 0 Å². The monoisotopic (exact) mass is 246 g/mol. The van der Waals surface area contributed by atoms with Crippen molar-refractivity contribution in [2.24, 2.45) is 4.40 Å². The molecule has 1 aromatic carbocycles. The molecule has 14 heavy (non-hydrogen) atoms. The number of sulfonamides is 1. The van der Waals surface area contributed by atoms with Crippen LogP contribution in [0.25, 0.3) is 0 Å². The molecule has 0 aliphatic heterocycles. The van der Waals surface area contributed by atoms with Gasteiger partial charge in [0, 0.05) is 5.69 Å². The summed E-state index contributed by atoms with van der Waals surface area (Å²) in [4.78, 5) is 0.0268. The van der Waals surface area contributed by atoms with E-state index in [4.69, 9.17) is 5.73 Å². The van der Waals surface area contributed by atoms with Crippen LogP contribution < -0.4 is 5.73 Å². The van der Waals surface area contributed by atoms with Crippen LogP contribution in [0.1, 0.15) is 0 Å². The van der Waals surface area contributed by atoms with Gasteiger partial charge in [0.1, 0.15) is 0 Å². The summed E-state index contributed by atoms with van der Waals surface area (Å²) in [5.74, 6) is 0. The normalized spacial score (nSPS) is 10.9. The number of nitrogens with two attached hydrogens (primary N) is 1. The average Bonchev–Trinajstić information content (AvgIpc) is 2.02. The maximum absolute atomic E-state index is 11.4. The van der Waals surface area contributed by atoms with Gasteiger partial charge < -0.3 is 31.0 Å². The van der Waals surface area contributed by atoms with Crippen LogP contribution in [0.4, 0.5) is 5.69 Å². The molecule has 0 saturated heterocycles. The lowest BCUT2D eigenvalue weighted by atomic mass is 10.3. The van der Waals surface area contributed by atoms with Crippen LogP contribution in [-0.2, 0) is 35.3 Å². The molecule has 7 heteroatoms. The van der Waals surface area contributed by atoms with E-state index < -0.39 is 10.0 Å². The van der Waals surface area contributed by atoms with Crippen LogP contribution in [0, 0.1) is 0 Å². The van der Waals surface area contributed by atoms with Gasteiger partial charge in [-0.3, -0.25) is 0 Å². The SMILES string of the molecule is Nc1ccc(S(=O)(=O)N=C([S-])[S-])cc1. The van der Waals surface area contributed by atoms with Crippen molar-refractivity contribution in [2.45, 2.75) is 4.90 Å². The maximum atomic E-state index is 11.4. The third-order valence-electron chi connectivity index (χ3n) is 1.37. The van der Waals surface area contributed by atoms with E-state index in [0.29, 0.717) is 5.69 Å². The second kappa shape index (κ2) is 4.07. The smallest absolute Gasteiger partial charge is 0.278 e. The molecule has 0 saturated carbocycles. The standard InChI is InChI=1S/C7H8N2O2S3/c8-5-1-3-6(4-2-5)14(10,11)9-7(12)13/h1-4H,8H2,(H2,9,12,13)/p-2. The molecular formula is C7H6N2O2S3-2. The van der Waals surface area contributed by atoms with E-state index in [1.54, 1.807) is 0 Å². The molecule has 1 rings (SSSR count). The zero-order valence-electron chi connectivity index (χ0n) is 6.88. The molecule has 0 spiro atoms. The molecule has 0 heterocycles. The van der Waals surface area contributed by atoms with E-state index in [1.807, 2.05) is 0 Å². The van der Waals surface area contributed by atoms with Crippen molar-refractivity contribution >= 4 is 45.3 Å². The van der Waals surface area contributed by atoms with Gasteiger partial charge in [-0.15, -0.1) is 0 Å². The first-order valence-electron chi connectivity index (χ1n) is 3.46. The highest BCUT2D eigenvalue weighted by atomic mass is 32.2. The van der Waals surface area contributed by atoms with Crippen LogP contribution >= 0.6 is 0 Å². The molecule has 0 radical (unpaired) electrons. The summed E-state index contributed by atoms with van der Waals surface area (Å²) in [5.41, 5.74) is 5.88. The number of hydrogen-bond donors (Lipinski definition) is 1. The molecule has 0 aliphatic carbocycles. The van der Waals surface area contributed by atoms with Crippen molar-refractivity contribution in [3.05, 3.63) is 24.3 Å². The second-order valence-electron chi connectivity index (χ2n) is 2.40. The summed E-state index contributed by atoms with van der Waals surface area (Å²) in [6, 6.07) is 5.63. The van der Waals surface area contributed by atoms with Crippen LogP contribution in [0.5, 0.6) is 0 Å². The molecule has 0 atom stereocenters. The van der Waals surface area contributed by atoms with Gasteiger partial charge in [0.25, 0.3) is 10.0 Å². The molecule has 76 valence electrons. The van der Waals surface area contributed by atoms with Gasteiger partial charge in [0.2, 0.25) is 0 Å². The Balaban J connectivity index is 3.18. The Bertz CT molecular complexity index is 446. The molecule has 4 nitrogen and oxygen atoms in total. The van der Waals surface area contributed by atoms with Gasteiger partial charge in [-0.2, -0.15) is 8.42 Å². The van der Waals surface area contributed by atoms with Crippen molar-refractivity contribution in [3.8, 4) is 0 Å². The lowest BCUT2D eigenvalue weighted by molar-refractivity contribution is 0.598. The molecule has 0 amide bonds. The number of hydrogen-bond acceptors (Lipinski definition) is 5. The summed E-state index contributed by atoms with van der Waals surface area (Å²) in [6.07, 6.45) is 0. The first-order chi connectivity index (χ1) is 6.42. The highest BCUT2D eigenvalue weighted by Crippen LogP contribution is 2.14. The third-order valence-corrected chi connectivity index (χ3v) is 3.08. The second-order valence-corrected chi connectivity index (χ2v) is 5.04. The molecule has 1 aromatic rings. The van der Waals surface area contributed by atoms with Gasteiger partial charge >= 0.3 is 0 Å². The van der Waals surface area contributed by atoms with Crippen LogP contribution in [0.2, 0.25) is 0 Å². The van der Waals surface area contributed by atoms with E-state index >= 15 is 0 Å². The van der Waals surface area contributed by atoms with Crippen molar-refractivity contribution in [1.29, 1.82) is 0 Å². The lowest BCUT2D eigenvalue weighted by Crippen LogP contribution is -2.00. The summed E-state index contributed by atoms with van der Waals surface area (Å²) in [5, 5.41) is 0. The zero-order valence-corrected chi connectivity index (χ0v) is 9.32. The van der Waals surface area contributed by atoms with Gasteiger partial charge in [0.15, 0.2) is 0 Å². The Labute approximate surface area is 93.1 Å². The number of anilines is 1. The Morgan fingerprint density at radius 1 is 1.21 bits per heavy atom. The number of nitrogen functional groups attached to an aromatic ring is 1. The summed E-state index contributed by atoms with van der Waals surface area (Å²) < 4.78 is 25.6. The van der Waals surface area contributed by atoms with E-state index in [1.165, 1.54) is 24.3 Å². The summed E-state index contributed by atoms with van der Waals surface area (Å²) in [7, 11) is -3.75. The fourth-order valence-corrected chi connectivity index (χ4v) is 2.16. The third kappa shape index (κ3) is 2.79. The summed E-state index contributed by atoms with van der Waals surface area (Å²) in [6.45, 7) is 0. The van der Waals surface area contributed by atoms with E-state index in [0.717, 1.165) is 0 Å². The van der Waals surface area contributed by atoms with Crippen LogP contribution in [0.15, 0.2) is 33.6 Å². The topological polar surface area (TPSA) is 72.5 Å². The maximum Gasteiger partial charge on any atom is 0.278 e.